The van der Waals surface area contributed by atoms with Crippen molar-refractivity contribution in [2.75, 3.05) is 0 Å². The molecular formula is C15H24N2. The third kappa shape index (κ3) is 3.30. The van der Waals surface area contributed by atoms with E-state index in [0.717, 1.165) is 6.54 Å². The van der Waals surface area contributed by atoms with E-state index in [4.69, 9.17) is 0 Å². The topological polar surface area (TPSA) is 15.3 Å². The molecule has 0 amide bonds. The van der Waals surface area contributed by atoms with E-state index < -0.39 is 0 Å². The van der Waals surface area contributed by atoms with Crippen molar-refractivity contribution in [2.24, 2.45) is 0 Å². The van der Waals surface area contributed by atoms with Gasteiger partial charge in [-0.2, -0.15) is 0 Å². The molecule has 1 N–H and O–H groups in total. The molecule has 1 saturated heterocycles. The number of piperidine rings is 1. The van der Waals surface area contributed by atoms with E-state index in [2.05, 4.69) is 55.5 Å². The molecule has 2 nitrogen and oxygen atoms in total. The first kappa shape index (κ1) is 12.6. The molecule has 0 radical (unpaired) electrons. The lowest BCUT2D eigenvalue weighted by Crippen LogP contribution is -2.51. The zero-order valence-electron chi connectivity index (χ0n) is 11.2. The molecule has 0 bridgehead atoms. The zero-order chi connectivity index (χ0) is 12.3. The summed E-state index contributed by atoms with van der Waals surface area (Å²) in [5.74, 6) is 0. The Balaban J connectivity index is 1.92. The second-order valence-corrected chi connectivity index (χ2v) is 5.36. The van der Waals surface area contributed by atoms with Gasteiger partial charge in [0.2, 0.25) is 0 Å². The van der Waals surface area contributed by atoms with Gasteiger partial charge in [-0.1, -0.05) is 36.2 Å². The molecule has 2 atom stereocenters. The van der Waals surface area contributed by atoms with Crippen molar-refractivity contribution < 1.29 is 0 Å². The summed E-state index contributed by atoms with van der Waals surface area (Å²) >= 11 is 0. The monoisotopic (exact) mass is 232 g/mol. The number of nitrogens with one attached hydrogen (secondary N) is 1. The van der Waals surface area contributed by atoms with Crippen LogP contribution in [0.3, 0.4) is 0 Å². The lowest BCUT2D eigenvalue weighted by Gasteiger charge is -2.39. The van der Waals surface area contributed by atoms with Gasteiger partial charge in [-0.3, -0.25) is 5.43 Å². The van der Waals surface area contributed by atoms with Gasteiger partial charge in [-0.15, -0.1) is 0 Å². The van der Waals surface area contributed by atoms with E-state index in [9.17, 15) is 0 Å². The van der Waals surface area contributed by atoms with Crippen LogP contribution in [0.1, 0.15) is 44.2 Å². The van der Waals surface area contributed by atoms with E-state index in [1.54, 1.807) is 0 Å². The Kier molecular flexibility index (Phi) is 4.19. The van der Waals surface area contributed by atoms with Crippen LogP contribution in [-0.4, -0.2) is 17.1 Å². The van der Waals surface area contributed by atoms with Gasteiger partial charge in [0.1, 0.15) is 0 Å². The minimum Gasteiger partial charge on any atom is -0.250 e. The molecule has 1 heterocycles. The molecule has 1 aromatic carbocycles. The number of hydrazine groups is 1. The summed E-state index contributed by atoms with van der Waals surface area (Å²) in [4.78, 5) is 0. The van der Waals surface area contributed by atoms with Crippen molar-refractivity contribution in [3.05, 3.63) is 35.4 Å². The van der Waals surface area contributed by atoms with Gasteiger partial charge in [0.25, 0.3) is 0 Å². The van der Waals surface area contributed by atoms with Crippen LogP contribution in [0.5, 0.6) is 0 Å². The van der Waals surface area contributed by atoms with Gasteiger partial charge in [-0.25, -0.2) is 5.01 Å². The average molecular weight is 232 g/mol. The maximum absolute atomic E-state index is 3.60. The van der Waals surface area contributed by atoms with Crippen molar-refractivity contribution in [3.8, 4) is 0 Å². The van der Waals surface area contributed by atoms with Crippen LogP contribution in [0.25, 0.3) is 0 Å². The minimum absolute atomic E-state index is 0.656. The standard InChI is InChI=1S/C15H24N2/c1-12-6-4-9-15(10-12)11-16-17-13(2)7-5-8-14(17)3/h4,6,9-10,13-14,16H,5,7-8,11H2,1-3H3. The molecule has 0 saturated carbocycles. The Morgan fingerprint density at radius 2 is 1.94 bits per heavy atom. The molecule has 1 aromatic rings. The van der Waals surface area contributed by atoms with Crippen molar-refractivity contribution >= 4 is 0 Å². The third-order valence-electron chi connectivity index (χ3n) is 3.74. The summed E-state index contributed by atoms with van der Waals surface area (Å²) in [5.41, 5.74) is 6.31. The van der Waals surface area contributed by atoms with Gasteiger partial charge in [0.15, 0.2) is 0 Å². The third-order valence-corrected chi connectivity index (χ3v) is 3.74. The van der Waals surface area contributed by atoms with Crippen LogP contribution in [0.4, 0.5) is 0 Å². The second kappa shape index (κ2) is 5.65. The highest BCUT2D eigenvalue weighted by molar-refractivity contribution is 5.21. The molecule has 94 valence electrons. The summed E-state index contributed by atoms with van der Waals surface area (Å²) in [6.45, 7) is 7.73. The summed E-state index contributed by atoms with van der Waals surface area (Å²) in [5, 5.41) is 2.44. The molecule has 1 aliphatic heterocycles. The molecule has 0 aromatic heterocycles. The number of hydrogen-bond acceptors (Lipinski definition) is 2. The van der Waals surface area contributed by atoms with Crippen LogP contribution in [0.15, 0.2) is 24.3 Å². The molecule has 17 heavy (non-hydrogen) atoms. The molecule has 1 aliphatic rings. The Morgan fingerprint density at radius 3 is 2.59 bits per heavy atom. The molecule has 2 heteroatoms. The molecule has 2 rings (SSSR count). The Labute approximate surface area is 105 Å². The Morgan fingerprint density at radius 1 is 1.24 bits per heavy atom. The highest BCUT2D eigenvalue weighted by Gasteiger charge is 2.23. The highest BCUT2D eigenvalue weighted by atomic mass is 15.5. The number of aryl methyl sites for hydroxylation is 1. The Hall–Kier alpha value is -0.860. The number of benzene rings is 1. The van der Waals surface area contributed by atoms with Crippen molar-refractivity contribution in [2.45, 2.75) is 58.7 Å². The van der Waals surface area contributed by atoms with E-state index >= 15 is 0 Å². The van der Waals surface area contributed by atoms with Gasteiger partial charge >= 0.3 is 0 Å². The first-order valence-electron chi connectivity index (χ1n) is 6.74. The molecular weight excluding hydrogens is 208 g/mol. The van der Waals surface area contributed by atoms with E-state index in [1.165, 1.54) is 30.4 Å². The van der Waals surface area contributed by atoms with E-state index in [0.29, 0.717) is 12.1 Å². The SMILES string of the molecule is Cc1cccc(CNN2C(C)CCCC2C)c1. The predicted octanol–water partition coefficient (Wildman–Crippen LogP) is 3.26. The smallest absolute Gasteiger partial charge is 0.0353 e. The van der Waals surface area contributed by atoms with Crippen molar-refractivity contribution in [1.29, 1.82) is 0 Å². The van der Waals surface area contributed by atoms with Crippen molar-refractivity contribution in [3.63, 3.8) is 0 Å². The number of rotatable bonds is 3. The fourth-order valence-corrected chi connectivity index (χ4v) is 2.74. The summed E-state index contributed by atoms with van der Waals surface area (Å²) in [7, 11) is 0. The minimum atomic E-state index is 0.656. The zero-order valence-corrected chi connectivity index (χ0v) is 11.2. The largest absolute Gasteiger partial charge is 0.250 e. The number of nitrogens with zero attached hydrogens (tertiary/aromatic N) is 1. The first-order chi connectivity index (χ1) is 8.16. The number of hydrogen-bond donors (Lipinski definition) is 1. The van der Waals surface area contributed by atoms with Gasteiger partial charge < -0.3 is 0 Å². The van der Waals surface area contributed by atoms with Crippen LogP contribution in [-0.2, 0) is 6.54 Å². The lowest BCUT2D eigenvalue weighted by atomic mass is 10.00. The summed E-state index contributed by atoms with van der Waals surface area (Å²) in [6, 6.07) is 10.0. The maximum Gasteiger partial charge on any atom is 0.0353 e. The quantitative estimate of drug-likeness (QED) is 0.860. The van der Waals surface area contributed by atoms with Crippen LogP contribution in [0, 0.1) is 6.92 Å². The summed E-state index contributed by atoms with van der Waals surface area (Å²) in [6.07, 6.45) is 3.99. The van der Waals surface area contributed by atoms with Crippen LogP contribution < -0.4 is 5.43 Å². The van der Waals surface area contributed by atoms with E-state index in [-0.39, 0.29) is 0 Å². The normalized spacial score (nSPS) is 26.1. The lowest BCUT2D eigenvalue weighted by molar-refractivity contribution is 0.0435. The highest BCUT2D eigenvalue weighted by Crippen LogP contribution is 2.20. The fraction of sp³-hybridized carbons (Fsp3) is 0.600. The van der Waals surface area contributed by atoms with Crippen LogP contribution in [0.2, 0.25) is 0 Å². The fourth-order valence-electron chi connectivity index (χ4n) is 2.74. The molecule has 0 aliphatic carbocycles. The maximum atomic E-state index is 3.60. The van der Waals surface area contributed by atoms with Gasteiger partial charge in [-0.05, 0) is 39.2 Å². The Bertz CT molecular complexity index is 352. The van der Waals surface area contributed by atoms with E-state index in [1.807, 2.05) is 0 Å². The summed E-state index contributed by atoms with van der Waals surface area (Å²) < 4.78 is 0. The molecule has 0 spiro atoms. The second-order valence-electron chi connectivity index (χ2n) is 5.36. The van der Waals surface area contributed by atoms with Crippen LogP contribution >= 0.6 is 0 Å². The molecule has 2 unspecified atom stereocenters. The first-order valence-corrected chi connectivity index (χ1v) is 6.74. The van der Waals surface area contributed by atoms with Gasteiger partial charge in [0.05, 0.1) is 0 Å². The predicted molar refractivity (Wildman–Crippen MR) is 72.6 cm³/mol. The molecule has 1 fully saturated rings. The average Bonchev–Trinajstić information content (AvgIpc) is 2.28. The van der Waals surface area contributed by atoms with Gasteiger partial charge in [0, 0.05) is 18.6 Å². The van der Waals surface area contributed by atoms with Crippen molar-refractivity contribution in [1.82, 2.24) is 10.4 Å².